The molecule has 66 valence electrons. The number of nitrogens with one attached hydrogen (secondary N) is 1. The van der Waals surface area contributed by atoms with E-state index in [1.807, 2.05) is 6.92 Å². The first kappa shape index (κ1) is 7.73. The van der Waals surface area contributed by atoms with Crippen LogP contribution in [0, 0.1) is 5.41 Å². The predicted octanol–water partition coefficient (Wildman–Crippen LogP) is -0.436. The summed E-state index contributed by atoms with van der Waals surface area (Å²) < 4.78 is 0. The predicted molar refractivity (Wildman–Crippen MR) is 40.1 cm³/mol. The molecule has 4 heteroatoms. The summed E-state index contributed by atoms with van der Waals surface area (Å²) >= 11 is 0. The molecule has 0 spiro atoms. The van der Waals surface area contributed by atoms with E-state index in [9.17, 15) is 14.7 Å². The number of imide groups is 1. The number of carbonyl (C=O) groups excluding carboxylic acids is 2. The van der Waals surface area contributed by atoms with Gasteiger partial charge in [0.1, 0.15) is 0 Å². The van der Waals surface area contributed by atoms with E-state index in [-0.39, 0.29) is 17.7 Å². The Morgan fingerprint density at radius 1 is 1.42 bits per heavy atom. The average molecular weight is 169 g/mol. The maximum atomic E-state index is 11.2. The van der Waals surface area contributed by atoms with Gasteiger partial charge in [0.25, 0.3) is 5.91 Å². The highest BCUT2D eigenvalue weighted by molar-refractivity contribution is 6.08. The van der Waals surface area contributed by atoms with Gasteiger partial charge in [-0.15, -0.1) is 0 Å². The minimum Gasteiger partial charge on any atom is -0.379 e. The summed E-state index contributed by atoms with van der Waals surface area (Å²) in [6.45, 7) is 1.84. The van der Waals surface area contributed by atoms with Gasteiger partial charge in [-0.05, 0) is 12.8 Å². The molecule has 4 nitrogen and oxygen atoms in total. The zero-order chi connectivity index (χ0) is 8.98. The highest BCUT2D eigenvalue weighted by atomic mass is 16.3. The van der Waals surface area contributed by atoms with E-state index in [1.54, 1.807) is 0 Å². The highest BCUT2D eigenvalue weighted by Crippen LogP contribution is 2.56. The second-order valence-corrected chi connectivity index (χ2v) is 3.98. The van der Waals surface area contributed by atoms with Gasteiger partial charge in [0.05, 0.1) is 6.42 Å². The third-order valence-electron chi connectivity index (χ3n) is 3.04. The van der Waals surface area contributed by atoms with Gasteiger partial charge in [-0.2, -0.15) is 0 Å². The summed E-state index contributed by atoms with van der Waals surface area (Å²) in [5, 5.41) is 12.0. The molecular formula is C8H11NO3. The maximum Gasteiger partial charge on any atom is 0.259 e. The largest absolute Gasteiger partial charge is 0.379 e. The van der Waals surface area contributed by atoms with Crippen LogP contribution in [0.4, 0.5) is 0 Å². The fourth-order valence-electron chi connectivity index (χ4n) is 1.68. The van der Waals surface area contributed by atoms with Crippen LogP contribution in [0.2, 0.25) is 0 Å². The molecule has 0 aromatic carbocycles. The number of hydrogen-bond donors (Lipinski definition) is 2. The molecule has 2 aliphatic rings. The fraction of sp³-hybridized carbons (Fsp3) is 0.750. The zero-order valence-electron chi connectivity index (χ0n) is 6.89. The van der Waals surface area contributed by atoms with Gasteiger partial charge in [-0.1, -0.05) is 6.92 Å². The van der Waals surface area contributed by atoms with Crippen LogP contribution in [0.25, 0.3) is 0 Å². The van der Waals surface area contributed by atoms with E-state index >= 15 is 0 Å². The standard InChI is InChI=1S/C8H11NO3/c1-7(2-3-7)8(12)4-5(10)9-6(8)11/h12H,2-4H2,1H3,(H,9,10,11). The SMILES string of the molecule is CC1(C2(O)CC(=O)NC2=O)CC1. The van der Waals surface area contributed by atoms with E-state index in [0.29, 0.717) is 0 Å². The van der Waals surface area contributed by atoms with Crippen LogP contribution in [0.3, 0.4) is 0 Å². The quantitative estimate of drug-likeness (QED) is 0.523. The zero-order valence-corrected chi connectivity index (χ0v) is 6.89. The monoisotopic (exact) mass is 169 g/mol. The Morgan fingerprint density at radius 2 is 2.00 bits per heavy atom. The minimum absolute atomic E-state index is 0.0671. The lowest BCUT2D eigenvalue weighted by molar-refractivity contribution is -0.141. The molecule has 1 atom stereocenters. The number of amides is 2. The summed E-state index contributed by atoms with van der Waals surface area (Å²) in [6.07, 6.45) is 1.58. The van der Waals surface area contributed by atoms with Crippen LogP contribution < -0.4 is 5.32 Å². The molecule has 0 bridgehead atoms. The van der Waals surface area contributed by atoms with E-state index in [0.717, 1.165) is 12.8 Å². The van der Waals surface area contributed by atoms with Gasteiger partial charge in [0.2, 0.25) is 5.91 Å². The second-order valence-electron chi connectivity index (χ2n) is 3.98. The van der Waals surface area contributed by atoms with Crippen molar-refractivity contribution in [3.8, 4) is 0 Å². The van der Waals surface area contributed by atoms with Crippen molar-refractivity contribution in [2.24, 2.45) is 5.41 Å². The Labute approximate surface area is 69.9 Å². The molecular weight excluding hydrogens is 158 g/mol. The van der Waals surface area contributed by atoms with Crippen molar-refractivity contribution in [1.29, 1.82) is 0 Å². The third-order valence-corrected chi connectivity index (χ3v) is 3.04. The van der Waals surface area contributed by atoms with Gasteiger partial charge >= 0.3 is 0 Å². The Morgan fingerprint density at radius 3 is 2.33 bits per heavy atom. The van der Waals surface area contributed by atoms with E-state index < -0.39 is 11.5 Å². The van der Waals surface area contributed by atoms with Crippen molar-refractivity contribution < 1.29 is 14.7 Å². The molecule has 0 aromatic heterocycles. The number of carbonyl (C=O) groups is 2. The van der Waals surface area contributed by atoms with E-state index in [1.165, 1.54) is 0 Å². The minimum atomic E-state index is -1.43. The number of hydrogen-bond acceptors (Lipinski definition) is 3. The Hall–Kier alpha value is -0.900. The molecule has 1 aliphatic heterocycles. The molecule has 1 aliphatic carbocycles. The highest BCUT2D eigenvalue weighted by Gasteiger charge is 2.63. The summed E-state index contributed by atoms with van der Waals surface area (Å²) in [7, 11) is 0. The Balaban J connectivity index is 2.31. The van der Waals surface area contributed by atoms with Gasteiger partial charge < -0.3 is 5.11 Å². The van der Waals surface area contributed by atoms with Crippen LogP contribution in [-0.2, 0) is 9.59 Å². The third kappa shape index (κ3) is 0.756. The summed E-state index contributed by atoms with van der Waals surface area (Å²) in [5.41, 5.74) is -1.78. The summed E-state index contributed by atoms with van der Waals surface area (Å²) in [6, 6.07) is 0. The molecule has 2 rings (SSSR count). The number of aliphatic hydroxyl groups is 1. The Kier molecular flexibility index (Phi) is 1.21. The molecule has 1 heterocycles. The topological polar surface area (TPSA) is 66.4 Å². The normalized spacial score (nSPS) is 38.2. The van der Waals surface area contributed by atoms with Crippen molar-refractivity contribution in [1.82, 2.24) is 5.32 Å². The fourth-order valence-corrected chi connectivity index (χ4v) is 1.68. The Bertz CT molecular complexity index is 269. The van der Waals surface area contributed by atoms with Crippen molar-refractivity contribution in [2.45, 2.75) is 31.8 Å². The van der Waals surface area contributed by atoms with Crippen molar-refractivity contribution >= 4 is 11.8 Å². The van der Waals surface area contributed by atoms with E-state index in [4.69, 9.17) is 0 Å². The smallest absolute Gasteiger partial charge is 0.259 e. The van der Waals surface area contributed by atoms with Crippen molar-refractivity contribution in [3.05, 3.63) is 0 Å². The van der Waals surface area contributed by atoms with Crippen LogP contribution >= 0.6 is 0 Å². The molecule has 1 saturated heterocycles. The second kappa shape index (κ2) is 1.88. The molecule has 0 radical (unpaired) electrons. The first-order valence-electron chi connectivity index (χ1n) is 4.05. The van der Waals surface area contributed by atoms with E-state index in [2.05, 4.69) is 5.32 Å². The maximum absolute atomic E-state index is 11.2. The van der Waals surface area contributed by atoms with Crippen molar-refractivity contribution in [3.63, 3.8) is 0 Å². The average Bonchev–Trinajstić information content (AvgIpc) is 2.62. The van der Waals surface area contributed by atoms with Gasteiger partial charge in [-0.25, -0.2) is 0 Å². The lowest BCUT2D eigenvalue weighted by atomic mass is 9.84. The van der Waals surface area contributed by atoms with Crippen molar-refractivity contribution in [2.75, 3.05) is 0 Å². The molecule has 1 unspecified atom stereocenters. The molecule has 0 aromatic rings. The molecule has 12 heavy (non-hydrogen) atoms. The molecule has 1 saturated carbocycles. The van der Waals surface area contributed by atoms with Gasteiger partial charge in [-0.3, -0.25) is 14.9 Å². The van der Waals surface area contributed by atoms with Crippen LogP contribution in [0.1, 0.15) is 26.2 Å². The van der Waals surface area contributed by atoms with Crippen LogP contribution in [-0.4, -0.2) is 22.5 Å². The molecule has 2 fully saturated rings. The van der Waals surface area contributed by atoms with Gasteiger partial charge in [0, 0.05) is 5.41 Å². The lowest BCUT2D eigenvalue weighted by Crippen LogP contribution is -2.45. The molecule has 2 N–H and O–H groups in total. The number of rotatable bonds is 1. The summed E-state index contributed by atoms with van der Waals surface area (Å²) in [4.78, 5) is 22.1. The van der Waals surface area contributed by atoms with Crippen LogP contribution in [0.15, 0.2) is 0 Å². The summed E-state index contributed by atoms with van der Waals surface area (Å²) in [5.74, 6) is -0.886. The van der Waals surface area contributed by atoms with Crippen LogP contribution in [0.5, 0.6) is 0 Å². The molecule has 2 amide bonds. The first-order chi connectivity index (χ1) is 5.48. The first-order valence-corrected chi connectivity index (χ1v) is 4.05. The lowest BCUT2D eigenvalue weighted by Gasteiger charge is -2.25. The van der Waals surface area contributed by atoms with Gasteiger partial charge in [0.15, 0.2) is 5.60 Å².